The minimum atomic E-state index is -4.49. The van der Waals surface area contributed by atoms with Crippen LogP contribution in [0.1, 0.15) is 11.3 Å². The highest BCUT2D eigenvalue weighted by Crippen LogP contribution is 2.30. The Balaban J connectivity index is 1.61. The number of carbonyl (C=O) groups is 1. The average Bonchev–Trinajstić information content (AvgIpc) is 2.62. The Morgan fingerprint density at radius 2 is 1.86 bits per heavy atom. The van der Waals surface area contributed by atoms with Crippen molar-refractivity contribution in [3.05, 3.63) is 75.8 Å². The molecule has 4 nitrogen and oxygen atoms in total. The molecule has 9 heteroatoms. The van der Waals surface area contributed by atoms with Gasteiger partial charge in [-0.2, -0.15) is 13.2 Å². The van der Waals surface area contributed by atoms with E-state index in [1.807, 2.05) is 0 Å². The summed E-state index contributed by atoms with van der Waals surface area (Å²) in [6.07, 6.45) is -4.49. The lowest BCUT2D eigenvalue weighted by Crippen LogP contribution is -2.15. The molecule has 0 saturated heterocycles. The number of aromatic amines is 1. The van der Waals surface area contributed by atoms with Crippen LogP contribution in [0.5, 0.6) is 0 Å². The number of halogens is 4. The molecule has 28 heavy (non-hydrogen) atoms. The Labute approximate surface area is 161 Å². The number of nitrogens with one attached hydrogen (secondary N) is 2. The molecular formula is C19H14F4N2O2S. The van der Waals surface area contributed by atoms with E-state index in [9.17, 15) is 27.2 Å². The molecular weight excluding hydrogens is 396 g/mol. The van der Waals surface area contributed by atoms with Crippen LogP contribution in [0.3, 0.4) is 0 Å². The van der Waals surface area contributed by atoms with Crippen LogP contribution in [0.25, 0.3) is 10.9 Å². The summed E-state index contributed by atoms with van der Waals surface area (Å²) >= 11 is 1.14. The van der Waals surface area contributed by atoms with Gasteiger partial charge in [-0.05, 0) is 30.3 Å². The van der Waals surface area contributed by atoms with Crippen molar-refractivity contribution in [2.45, 2.75) is 11.9 Å². The van der Waals surface area contributed by atoms with Crippen molar-refractivity contribution in [1.29, 1.82) is 0 Å². The normalized spacial score (nSPS) is 11.6. The van der Waals surface area contributed by atoms with Crippen LogP contribution < -0.4 is 10.7 Å². The third-order valence-electron chi connectivity index (χ3n) is 3.83. The number of aromatic nitrogens is 1. The second-order valence-electron chi connectivity index (χ2n) is 5.94. The van der Waals surface area contributed by atoms with Gasteiger partial charge in [0.05, 0.1) is 16.8 Å². The van der Waals surface area contributed by atoms with Crippen molar-refractivity contribution in [2.75, 3.05) is 11.1 Å². The molecule has 0 bridgehead atoms. The van der Waals surface area contributed by atoms with Gasteiger partial charge in [0.25, 0.3) is 0 Å². The van der Waals surface area contributed by atoms with Crippen molar-refractivity contribution in [2.24, 2.45) is 0 Å². The van der Waals surface area contributed by atoms with Gasteiger partial charge in [-0.3, -0.25) is 9.59 Å². The van der Waals surface area contributed by atoms with Gasteiger partial charge in [0, 0.05) is 28.6 Å². The number of carbonyl (C=O) groups excluding carboxylic acids is 1. The zero-order valence-electron chi connectivity index (χ0n) is 14.3. The average molecular weight is 410 g/mol. The Morgan fingerprint density at radius 3 is 2.61 bits per heavy atom. The maximum absolute atomic E-state index is 13.8. The smallest absolute Gasteiger partial charge is 0.355 e. The molecule has 1 aromatic heterocycles. The van der Waals surface area contributed by atoms with Gasteiger partial charge in [0.2, 0.25) is 5.91 Å². The van der Waals surface area contributed by atoms with E-state index in [2.05, 4.69) is 10.3 Å². The van der Waals surface area contributed by atoms with E-state index in [-0.39, 0.29) is 33.5 Å². The minimum absolute atomic E-state index is 0.0432. The molecule has 0 saturated carbocycles. The Kier molecular flexibility index (Phi) is 5.73. The fourth-order valence-corrected chi connectivity index (χ4v) is 3.33. The lowest BCUT2D eigenvalue weighted by Gasteiger charge is -2.10. The molecule has 0 aliphatic heterocycles. The van der Waals surface area contributed by atoms with E-state index < -0.39 is 23.5 Å². The fourth-order valence-electron chi connectivity index (χ4n) is 2.59. The van der Waals surface area contributed by atoms with Crippen LogP contribution in [-0.4, -0.2) is 16.6 Å². The molecule has 2 aromatic carbocycles. The van der Waals surface area contributed by atoms with Crippen molar-refractivity contribution in [1.82, 2.24) is 4.98 Å². The molecule has 0 radical (unpaired) electrons. The van der Waals surface area contributed by atoms with Crippen molar-refractivity contribution < 1.29 is 22.4 Å². The molecule has 3 rings (SSSR count). The molecule has 0 aliphatic rings. The molecule has 3 aromatic rings. The number of thioether (sulfide) groups is 1. The van der Waals surface area contributed by atoms with Crippen LogP contribution in [0, 0.1) is 5.82 Å². The molecule has 0 unspecified atom stereocenters. The molecule has 1 heterocycles. The van der Waals surface area contributed by atoms with E-state index in [0.717, 1.165) is 23.9 Å². The Bertz CT molecular complexity index is 1080. The zero-order chi connectivity index (χ0) is 20.3. The summed E-state index contributed by atoms with van der Waals surface area (Å²) < 4.78 is 51.9. The molecule has 146 valence electrons. The second-order valence-corrected chi connectivity index (χ2v) is 6.93. The Morgan fingerprint density at radius 1 is 1.11 bits per heavy atom. The summed E-state index contributed by atoms with van der Waals surface area (Å²) in [5, 5.41) is 2.63. The molecule has 0 atom stereocenters. The van der Waals surface area contributed by atoms with Gasteiger partial charge in [0.15, 0.2) is 5.43 Å². The minimum Gasteiger partial charge on any atom is -0.355 e. The summed E-state index contributed by atoms with van der Waals surface area (Å²) in [5.74, 6) is -0.856. The zero-order valence-corrected chi connectivity index (χ0v) is 15.1. The van der Waals surface area contributed by atoms with E-state index >= 15 is 0 Å². The maximum atomic E-state index is 13.8. The summed E-state index contributed by atoms with van der Waals surface area (Å²) in [6, 6.07) is 9.86. The second kappa shape index (κ2) is 8.05. The van der Waals surface area contributed by atoms with Gasteiger partial charge < -0.3 is 10.3 Å². The number of para-hydroxylation sites is 1. The highest BCUT2D eigenvalue weighted by molar-refractivity contribution is 7.99. The van der Waals surface area contributed by atoms with Crippen molar-refractivity contribution >= 4 is 34.3 Å². The summed E-state index contributed by atoms with van der Waals surface area (Å²) in [6.45, 7) is 0. The van der Waals surface area contributed by atoms with Crippen molar-refractivity contribution in [3.63, 3.8) is 0 Å². The van der Waals surface area contributed by atoms with Crippen LogP contribution in [0.4, 0.5) is 23.2 Å². The van der Waals surface area contributed by atoms with E-state index in [4.69, 9.17) is 0 Å². The van der Waals surface area contributed by atoms with E-state index in [1.54, 1.807) is 0 Å². The van der Waals surface area contributed by atoms with Gasteiger partial charge >= 0.3 is 6.18 Å². The van der Waals surface area contributed by atoms with Crippen LogP contribution >= 0.6 is 11.8 Å². The van der Waals surface area contributed by atoms with Crippen molar-refractivity contribution in [3.8, 4) is 0 Å². The van der Waals surface area contributed by atoms with Crippen LogP contribution in [0.15, 0.2) is 53.3 Å². The quantitative estimate of drug-likeness (QED) is 0.607. The molecule has 0 aliphatic carbocycles. The van der Waals surface area contributed by atoms with Gasteiger partial charge in [-0.15, -0.1) is 11.8 Å². The fraction of sp³-hybridized carbons (Fsp3) is 0.158. The monoisotopic (exact) mass is 410 g/mol. The number of H-pyrrole nitrogens is 1. The number of amides is 1. The first-order valence-corrected chi connectivity index (χ1v) is 9.25. The third-order valence-corrected chi connectivity index (χ3v) is 4.82. The number of alkyl halides is 3. The summed E-state index contributed by atoms with van der Waals surface area (Å²) in [4.78, 5) is 26.8. The van der Waals surface area contributed by atoms with Gasteiger partial charge in [0.1, 0.15) is 5.82 Å². The molecule has 2 N–H and O–H groups in total. The predicted octanol–water partition coefficient (Wildman–Crippen LogP) is 4.56. The van der Waals surface area contributed by atoms with Gasteiger partial charge in [-0.1, -0.05) is 12.1 Å². The van der Waals surface area contributed by atoms with Crippen LogP contribution in [-0.2, 0) is 16.7 Å². The number of pyridine rings is 1. The number of hydrogen-bond donors (Lipinski definition) is 2. The van der Waals surface area contributed by atoms with E-state index in [1.165, 1.54) is 36.4 Å². The summed E-state index contributed by atoms with van der Waals surface area (Å²) in [7, 11) is 0. The highest BCUT2D eigenvalue weighted by atomic mass is 32.2. The predicted molar refractivity (Wildman–Crippen MR) is 101 cm³/mol. The van der Waals surface area contributed by atoms with Crippen LogP contribution in [0.2, 0.25) is 0 Å². The standard InChI is InChI=1S/C19H14F4N2O2S/c20-15-6-2-5-14-16(26)8-13(25-18(14)15)9-28-10-17(27)24-12-4-1-3-11(7-12)19(21,22)23/h1-8H,9-10H2,(H,24,27)(H,25,26). The maximum Gasteiger partial charge on any atom is 0.416 e. The first kappa shape index (κ1) is 19.9. The Hall–Kier alpha value is -2.81. The molecule has 0 fully saturated rings. The first-order chi connectivity index (χ1) is 13.2. The SMILES string of the molecule is O=C(CSCc1cc(=O)c2cccc(F)c2[nH]1)Nc1cccc(C(F)(F)F)c1. The third kappa shape index (κ3) is 4.72. The molecule has 1 amide bonds. The number of fused-ring (bicyclic) bond motifs is 1. The number of hydrogen-bond acceptors (Lipinski definition) is 3. The summed E-state index contributed by atoms with van der Waals surface area (Å²) in [5.41, 5.74) is -0.605. The number of anilines is 1. The van der Waals surface area contributed by atoms with Gasteiger partial charge in [-0.25, -0.2) is 4.39 Å². The highest BCUT2D eigenvalue weighted by Gasteiger charge is 2.30. The molecule has 0 spiro atoms. The number of benzene rings is 2. The largest absolute Gasteiger partial charge is 0.416 e. The lowest BCUT2D eigenvalue weighted by molar-refractivity contribution is -0.137. The lowest BCUT2D eigenvalue weighted by atomic mass is 10.2. The first-order valence-electron chi connectivity index (χ1n) is 8.09. The topological polar surface area (TPSA) is 62.0 Å². The van der Waals surface area contributed by atoms with E-state index in [0.29, 0.717) is 5.69 Å². The number of rotatable bonds is 5.